The van der Waals surface area contributed by atoms with E-state index in [-0.39, 0.29) is 0 Å². The lowest BCUT2D eigenvalue weighted by molar-refractivity contribution is -0.703. The zero-order valence-corrected chi connectivity index (χ0v) is 14.3. The number of nitrogens with zero attached hydrogens (tertiary/aromatic N) is 2. The van der Waals surface area contributed by atoms with Gasteiger partial charge < -0.3 is 0 Å². The summed E-state index contributed by atoms with van der Waals surface area (Å²) in [6.07, 6.45) is 15.0. The van der Waals surface area contributed by atoms with Gasteiger partial charge >= 0.3 is 0 Å². The summed E-state index contributed by atoms with van der Waals surface area (Å²) in [5.74, 6) is 1.45. The minimum Gasteiger partial charge on any atom is -0.234 e. The van der Waals surface area contributed by atoms with Crippen LogP contribution < -0.4 is 4.57 Å². The summed E-state index contributed by atoms with van der Waals surface area (Å²) in [7, 11) is 0. The summed E-state index contributed by atoms with van der Waals surface area (Å²) in [6.45, 7) is 5.65. The molecule has 0 N–H and O–H groups in total. The maximum Gasteiger partial charge on any atom is 0.261 e. The van der Waals surface area contributed by atoms with Crippen molar-refractivity contribution in [3.63, 3.8) is 0 Å². The van der Waals surface area contributed by atoms with Crippen molar-refractivity contribution in [1.29, 1.82) is 0 Å². The monoisotopic (exact) mass is 299 g/mol. The van der Waals surface area contributed by atoms with Gasteiger partial charge in [-0.2, -0.15) is 4.57 Å². The predicted molar refractivity (Wildman–Crippen MR) is 93.3 cm³/mol. The molecule has 2 aromatic rings. The highest BCUT2D eigenvalue weighted by Gasteiger charge is 2.17. The van der Waals surface area contributed by atoms with Crippen molar-refractivity contribution >= 4 is 0 Å². The molecular formula is C20H31N2+. The van der Waals surface area contributed by atoms with E-state index in [2.05, 4.69) is 65.7 Å². The van der Waals surface area contributed by atoms with Crippen LogP contribution in [0.4, 0.5) is 0 Å². The Morgan fingerprint density at radius 3 is 2.32 bits per heavy atom. The predicted octanol–water partition coefficient (Wildman–Crippen LogP) is 5.08. The topological polar surface area (TPSA) is 8.81 Å². The molecule has 0 saturated heterocycles. The van der Waals surface area contributed by atoms with Crippen LogP contribution in [0.15, 0.2) is 42.7 Å². The van der Waals surface area contributed by atoms with Crippen LogP contribution in [0.3, 0.4) is 0 Å². The lowest BCUT2D eigenvalue weighted by atomic mass is 10.1. The number of hydrogen-bond acceptors (Lipinski definition) is 0. The normalized spacial score (nSPS) is 11.0. The first kappa shape index (κ1) is 16.8. The molecule has 0 spiro atoms. The molecule has 0 saturated carbocycles. The molecular weight excluding hydrogens is 268 g/mol. The van der Waals surface area contributed by atoms with Gasteiger partial charge in [-0.15, -0.1) is 0 Å². The highest BCUT2D eigenvalue weighted by atomic mass is 15.1. The van der Waals surface area contributed by atoms with Crippen LogP contribution >= 0.6 is 0 Å². The molecule has 1 aromatic carbocycles. The summed E-state index contributed by atoms with van der Waals surface area (Å²) in [5, 5.41) is 0. The van der Waals surface area contributed by atoms with E-state index >= 15 is 0 Å². The average Bonchev–Trinajstić information content (AvgIpc) is 2.95. The largest absolute Gasteiger partial charge is 0.261 e. The fraction of sp³-hybridized carbons (Fsp3) is 0.550. The van der Waals surface area contributed by atoms with Gasteiger partial charge in [0.2, 0.25) is 0 Å². The molecule has 22 heavy (non-hydrogen) atoms. The number of imidazole rings is 1. The van der Waals surface area contributed by atoms with Crippen LogP contribution in [0.1, 0.15) is 64.6 Å². The Morgan fingerprint density at radius 1 is 0.864 bits per heavy atom. The number of para-hydroxylation sites is 1. The highest BCUT2D eigenvalue weighted by molar-refractivity contribution is 5.31. The fourth-order valence-corrected chi connectivity index (χ4v) is 3.05. The van der Waals surface area contributed by atoms with E-state index in [0.29, 0.717) is 0 Å². The van der Waals surface area contributed by atoms with Gasteiger partial charge in [0.15, 0.2) is 0 Å². The van der Waals surface area contributed by atoms with Gasteiger partial charge in [0.25, 0.3) is 5.82 Å². The minimum atomic E-state index is 1.12. The molecule has 0 fully saturated rings. The first-order valence-electron chi connectivity index (χ1n) is 9.02. The van der Waals surface area contributed by atoms with Gasteiger partial charge in [0.1, 0.15) is 18.1 Å². The molecule has 0 aliphatic carbocycles. The SMILES string of the molecule is CCCCCCCCc1n(-c2ccccc2)cc[n+]1CCC. The summed E-state index contributed by atoms with van der Waals surface area (Å²) in [6, 6.07) is 10.7. The van der Waals surface area contributed by atoms with Crippen molar-refractivity contribution in [2.24, 2.45) is 0 Å². The number of aryl methyl sites for hydroxylation is 1. The maximum atomic E-state index is 2.43. The molecule has 0 radical (unpaired) electrons. The van der Waals surface area contributed by atoms with E-state index in [0.717, 1.165) is 6.54 Å². The van der Waals surface area contributed by atoms with Crippen LogP contribution in [0.2, 0.25) is 0 Å². The van der Waals surface area contributed by atoms with Crippen LogP contribution in [0, 0.1) is 0 Å². The Bertz CT molecular complexity index is 528. The summed E-state index contributed by atoms with van der Waals surface area (Å²) >= 11 is 0. The van der Waals surface area contributed by atoms with E-state index in [1.807, 2.05) is 0 Å². The van der Waals surface area contributed by atoms with Crippen molar-refractivity contribution in [1.82, 2.24) is 4.57 Å². The standard InChI is InChI=1S/C20H31N2/c1-3-5-6-7-8-12-15-20-21(16-4-2)17-18-22(20)19-13-10-9-11-14-19/h9-11,13-14,17-18H,3-8,12,15-16H2,1-2H3/q+1. The zero-order chi connectivity index (χ0) is 15.6. The zero-order valence-electron chi connectivity index (χ0n) is 14.3. The Kier molecular flexibility index (Phi) is 7.21. The van der Waals surface area contributed by atoms with Crippen molar-refractivity contribution in [2.75, 3.05) is 0 Å². The fourth-order valence-electron chi connectivity index (χ4n) is 3.05. The quantitative estimate of drug-likeness (QED) is 0.427. The van der Waals surface area contributed by atoms with Crippen LogP contribution in [0.25, 0.3) is 5.69 Å². The van der Waals surface area contributed by atoms with Crippen molar-refractivity contribution < 1.29 is 4.57 Å². The average molecular weight is 299 g/mol. The maximum absolute atomic E-state index is 2.43. The van der Waals surface area contributed by atoms with E-state index in [4.69, 9.17) is 0 Å². The number of rotatable bonds is 10. The minimum absolute atomic E-state index is 1.12. The highest BCUT2D eigenvalue weighted by Crippen LogP contribution is 2.13. The lowest BCUT2D eigenvalue weighted by Gasteiger charge is -2.05. The Balaban J connectivity index is 2.02. The van der Waals surface area contributed by atoms with Crippen molar-refractivity contribution in [3.05, 3.63) is 48.5 Å². The molecule has 1 aromatic heterocycles. The molecule has 120 valence electrons. The van der Waals surface area contributed by atoms with E-state index in [9.17, 15) is 0 Å². The number of aromatic nitrogens is 2. The molecule has 0 bridgehead atoms. The molecule has 2 rings (SSSR count). The molecule has 2 heteroatoms. The van der Waals surface area contributed by atoms with Gasteiger partial charge in [0.05, 0.1) is 6.54 Å². The molecule has 0 atom stereocenters. The Labute approximate surface area is 135 Å². The molecule has 1 heterocycles. The second kappa shape index (κ2) is 9.45. The summed E-state index contributed by atoms with van der Waals surface area (Å²) < 4.78 is 4.79. The van der Waals surface area contributed by atoms with Gasteiger partial charge in [-0.25, -0.2) is 4.57 Å². The lowest BCUT2D eigenvalue weighted by Crippen LogP contribution is -2.36. The van der Waals surface area contributed by atoms with E-state index in [1.165, 1.54) is 62.9 Å². The summed E-state index contributed by atoms with van der Waals surface area (Å²) in [4.78, 5) is 0. The number of benzene rings is 1. The van der Waals surface area contributed by atoms with Crippen molar-refractivity contribution in [3.8, 4) is 5.69 Å². The third-order valence-corrected chi connectivity index (χ3v) is 4.26. The second-order valence-electron chi connectivity index (χ2n) is 6.13. The molecule has 0 aliphatic heterocycles. The third kappa shape index (κ3) is 4.72. The summed E-state index contributed by atoms with van der Waals surface area (Å²) in [5.41, 5.74) is 1.28. The first-order chi connectivity index (χ1) is 10.9. The second-order valence-corrected chi connectivity index (χ2v) is 6.13. The van der Waals surface area contributed by atoms with Gasteiger partial charge in [-0.05, 0) is 25.0 Å². The molecule has 0 aliphatic rings. The van der Waals surface area contributed by atoms with Crippen LogP contribution in [0.5, 0.6) is 0 Å². The van der Waals surface area contributed by atoms with E-state index in [1.54, 1.807) is 0 Å². The van der Waals surface area contributed by atoms with Gasteiger partial charge in [-0.3, -0.25) is 0 Å². The third-order valence-electron chi connectivity index (χ3n) is 4.26. The number of hydrogen-bond donors (Lipinski definition) is 0. The number of unbranched alkanes of at least 4 members (excludes halogenated alkanes) is 5. The van der Waals surface area contributed by atoms with Crippen LogP contribution in [-0.4, -0.2) is 4.57 Å². The van der Waals surface area contributed by atoms with Gasteiger partial charge in [0, 0.05) is 6.42 Å². The first-order valence-corrected chi connectivity index (χ1v) is 9.02. The molecule has 0 unspecified atom stereocenters. The van der Waals surface area contributed by atoms with Crippen LogP contribution in [-0.2, 0) is 13.0 Å². The van der Waals surface area contributed by atoms with Crippen molar-refractivity contribution in [2.45, 2.75) is 71.8 Å². The van der Waals surface area contributed by atoms with E-state index < -0.39 is 0 Å². The molecule has 0 amide bonds. The van der Waals surface area contributed by atoms with Gasteiger partial charge in [-0.1, -0.05) is 64.2 Å². The Hall–Kier alpha value is -1.57. The molecule has 2 nitrogen and oxygen atoms in total. The smallest absolute Gasteiger partial charge is 0.234 e. The Morgan fingerprint density at radius 2 is 1.59 bits per heavy atom.